The van der Waals surface area contributed by atoms with Gasteiger partial charge in [-0.2, -0.15) is 0 Å². The summed E-state index contributed by atoms with van der Waals surface area (Å²) in [6.07, 6.45) is 0.667. The van der Waals surface area contributed by atoms with Gasteiger partial charge in [0.25, 0.3) is 6.29 Å². The molecule has 2 atom stereocenters. The van der Waals surface area contributed by atoms with E-state index in [1.54, 1.807) is 32.0 Å². The summed E-state index contributed by atoms with van der Waals surface area (Å²) in [6, 6.07) is 7.13. The first kappa shape index (κ1) is 24.7. The standard InChI is InChI=1S/C22H29ClN2O6/c1-14(2)20(30-19(28)12-24-15(3)26)31-21(29)25-13-22(11-7-6-10-18(22)27)16-8-4-5-9-17(16)23/h4-5,8-9,14,20H,6-7,10-13H2,1-3H3,(H,24,26)(H,25,29)/t20-,22+/m0/s1. The van der Waals surface area contributed by atoms with Crippen LogP contribution in [0.5, 0.6) is 0 Å². The molecule has 8 nitrogen and oxygen atoms in total. The molecular weight excluding hydrogens is 424 g/mol. The van der Waals surface area contributed by atoms with Gasteiger partial charge in [-0.15, -0.1) is 0 Å². The van der Waals surface area contributed by atoms with Gasteiger partial charge in [0.05, 0.1) is 5.41 Å². The topological polar surface area (TPSA) is 111 Å². The Morgan fingerprint density at radius 3 is 2.45 bits per heavy atom. The lowest BCUT2D eigenvalue weighted by molar-refractivity contribution is -0.174. The number of halogens is 1. The Hall–Kier alpha value is -2.61. The van der Waals surface area contributed by atoms with Crippen LogP contribution in [0.3, 0.4) is 0 Å². The molecule has 9 heteroatoms. The second-order valence-electron chi connectivity index (χ2n) is 7.96. The molecule has 1 aliphatic carbocycles. The number of alkyl carbamates (subject to hydrolysis) is 1. The maximum atomic E-state index is 12.9. The molecule has 31 heavy (non-hydrogen) atoms. The fourth-order valence-corrected chi connectivity index (χ4v) is 3.86. The minimum absolute atomic E-state index is 0.0225. The lowest BCUT2D eigenvalue weighted by Crippen LogP contribution is -2.49. The summed E-state index contributed by atoms with van der Waals surface area (Å²) >= 11 is 6.38. The summed E-state index contributed by atoms with van der Waals surface area (Å²) in [7, 11) is 0. The van der Waals surface area contributed by atoms with Crippen LogP contribution in [0.15, 0.2) is 24.3 Å². The van der Waals surface area contributed by atoms with Crippen molar-refractivity contribution >= 4 is 35.4 Å². The van der Waals surface area contributed by atoms with Crippen LogP contribution in [0.2, 0.25) is 5.02 Å². The molecule has 0 heterocycles. The van der Waals surface area contributed by atoms with Crippen molar-refractivity contribution in [2.45, 2.75) is 58.2 Å². The van der Waals surface area contributed by atoms with Gasteiger partial charge in [-0.3, -0.25) is 14.4 Å². The number of nitrogens with one attached hydrogen (secondary N) is 2. The first-order valence-corrected chi connectivity index (χ1v) is 10.7. The molecule has 2 N–H and O–H groups in total. The van der Waals surface area contributed by atoms with Crippen molar-refractivity contribution in [3.63, 3.8) is 0 Å². The highest BCUT2D eigenvalue weighted by atomic mass is 35.5. The van der Waals surface area contributed by atoms with E-state index >= 15 is 0 Å². The minimum atomic E-state index is -1.14. The van der Waals surface area contributed by atoms with Gasteiger partial charge < -0.3 is 20.1 Å². The van der Waals surface area contributed by atoms with Crippen LogP contribution in [-0.2, 0) is 29.3 Å². The predicted molar refractivity (Wildman–Crippen MR) is 114 cm³/mol. The number of esters is 1. The van der Waals surface area contributed by atoms with E-state index in [1.807, 2.05) is 6.07 Å². The predicted octanol–water partition coefficient (Wildman–Crippen LogP) is 3.11. The normalized spacial score (nSPS) is 19.5. The Bertz CT molecular complexity index is 828. The number of carbonyl (C=O) groups excluding carboxylic acids is 4. The Labute approximate surface area is 187 Å². The fraction of sp³-hybridized carbons (Fsp3) is 0.545. The molecule has 1 aromatic rings. The molecule has 0 spiro atoms. The van der Waals surface area contributed by atoms with E-state index in [9.17, 15) is 19.2 Å². The van der Waals surface area contributed by atoms with E-state index in [1.165, 1.54) is 6.92 Å². The number of ether oxygens (including phenoxy) is 2. The molecular formula is C22H29ClN2O6. The maximum absolute atomic E-state index is 12.9. The maximum Gasteiger partial charge on any atom is 0.410 e. The number of hydrogen-bond donors (Lipinski definition) is 2. The number of hydrogen-bond acceptors (Lipinski definition) is 6. The van der Waals surface area contributed by atoms with Crippen LogP contribution >= 0.6 is 11.6 Å². The summed E-state index contributed by atoms with van der Waals surface area (Å²) in [5.74, 6) is -1.40. The third-order valence-corrected chi connectivity index (χ3v) is 5.54. The molecule has 170 valence electrons. The number of rotatable bonds is 8. The van der Waals surface area contributed by atoms with E-state index in [4.69, 9.17) is 21.1 Å². The Kier molecular flexibility index (Phi) is 8.86. The molecule has 0 bridgehead atoms. The molecule has 2 rings (SSSR count). The van der Waals surface area contributed by atoms with Gasteiger partial charge in [0, 0.05) is 30.8 Å². The number of benzene rings is 1. The van der Waals surface area contributed by atoms with Crippen LogP contribution in [0.1, 0.15) is 52.0 Å². The van der Waals surface area contributed by atoms with Crippen LogP contribution in [-0.4, -0.2) is 43.1 Å². The van der Waals surface area contributed by atoms with Gasteiger partial charge in [-0.1, -0.05) is 50.1 Å². The number of ketones is 1. The van der Waals surface area contributed by atoms with Crippen LogP contribution in [0.4, 0.5) is 4.79 Å². The van der Waals surface area contributed by atoms with Crippen molar-refractivity contribution in [1.29, 1.82) is 0 Å². The fourth-order valence-electron chi connectivity index (χ4n) is 3.54. The number of carbonyl (C=O) groups is 4. The third kappa shape index (κ3) is 6.69. The molecule has 0 aromatic heterocycles. The van der Waals surface area contributed by atoms with Crippen LogP contribution < -0.4 is 10.6 Å². The minimum Gasteiger partial charge on any atom is -0.423 e. The van der Waals surface area contributed by atoms with Gasteiger partial charge in [-0.25, -0.2) is 4.79 Å². The van der Waals surface area contributed by atoms with Crippen molar-refractivity contribution in [1.82, 2.24) is 10.6 Å². The third-order valence-electron chi connectivity index (χ3n) is 5.21. The SMILES string of the molecule is CC(=O)NCC(=O)O[C@@H](OC(=O)NC[C@@]1(c2ccccc2Cl)CCCCC1=O)C(C)C. The summed E-state index contributed by atoms with van der Waals surface area (Å²) < 4.78 is 10.4. The van der Waals surface area contributed by atoms with E-state index in [2.05, 4.69) is 10.6 Å². The monoisotopic (exact) mass is 452 g/mol. The molecule has 0 unspecified atom stereocenters. The Morgan fingerprint density at radius 1 is 1.13 bits per heavy atom. The van der Waals surface area contributed by atoms with Crippen molar-refractivity contribution in [2.75, 3.05) is 13.1 Å². The zero-order valence-electron chi connectivity index (χ0n) is 18.0. The number of amides is 2. The average Bonchev–Trinajstić information content (AvgIpc) is 2.72. The second-order valence-corrected chi connectivity index (χ2v) is 8.37. The van der Waals surface area contributed by atoms with E-state index in [0.717, 1.165) is 12.8 Å². The largest absolute Gasteiger partial charge is 0.423 e. The first-order valence-electron chi connectivity index (χ1n) is 10.3. The highest BCUT2D eigenvalue weighted by Crippen LogP contribution is 2.39. The van der Waals surface area contributed by atoms with Crippen molar-refractivity contribution < 1.29 is 28.7 Å². The molecule has 1 fully saturated rings. The smallest absolute Gasteiger partial charge is 0.410 e. The zero-order valence-corrected chi connectivity index (χ0v) is 18.8. The van der Waals surface area contributed by atoms with Gasteiger partial charge >= 0.3 is 12.1 Å². The highest BCUT2D eigenvalue weighted by Gasteiger charge is 2.43. The zero-order chi connectivity index (χ0) is 23.0. The lowest BCUT2D eigenvalue weighted by Gasteiger charge is -2.37. The van der Waals surface area contributed by atoms with Crippen molar-refractivity contribution in [3.05, 3.63) is 34.9 Å². The highest BCUT2D eigenvalue weighted by molar-refractivity contribution is 6.31. The molecule has 1 aliphatic rings. The molecule has 1 saturated carbocycles. The Balaban J connectivity index is 2.06. The van der Waals surface area contributed by atoms with Gasteiger partial charge in [-0.05, 0) is 24.5 Å². The summed E-state index contributed by atoms with van der Waals surface area (Å²) in [5, 5.41) is 5.45. The van der Waals surface area contributed by atoms with Crippen molar-refractivity contribution in [3.8, 4) is 0 Å². The molecule has 1 aromatic carbocycles. The van der Waals surface area contributed by atoms with E-state index in [0.29, 0.717) is 23.4 Å². The summed E-state index contributed by atoms with van der Waals surface area (Å²) in [6.45, 7) is 4.42. The summed E-state index contributed by atoms with van der Waals surface area (Å²) in [4.78, 5) is 48.2. The second kappa shape index (κ2) is 11.1. The molecule has 0 radical (unpaired) electrons. The van der Waals surface area contributed by atoms with Crippen molar-refractivity contribution in [2.24, 2.45) is 5.92 Å². The van der Waals surface area contributed by atoms with E-state index in [-0.39, 0.29) is 30.7 Å². The van der Waals surface area contributed by atoms with Crippen LogP contribution in [0, 0.1) is 5.92 Å². The van der Waals surface area contributed by atoms with Gasteiger partial charge in [0.15, 0.2) is 0 Å². The van der Waals surface area contributed by atoms with Gasteiger partial charge in [0.2, 0.25) is 5.91 Å². The molecule has 2 amide bonds. The number of Topliss-reactive ketones (excluding diaryl/α,β-unsaturated/α-hetero) is 1. The lowest BCUT2D eigenvalue weighted by atomic mass is 9.68. The van der Waals surface area contributed by atoms with Crippen LogP contribution in [0.25, 0.3) is 0 Å². The molecule has 0 saturated heterocycles. The van der Waals surface area contributed by atoms with Gasteiger partial charge in [0.1, 0.15) is 12.3 Å². The summed E-state index contributed by atoms with van der Waals surface area (Å²) in [5.41, 5.74) is -0.241. The average molecular weight is 453 g/mol. The Morgan fingerprint density at radius 2 is 1.84 bits per heavy atom. The quantitative estimate of drug-likeness (QED) is 0.463. The first-order chi connectivity index (χ1) is 14.7. The van der Waals surface area contributed by atoms with E-state index < -0.39 is 23.8 Å². The molecule has 0 aliphatic heterocycles.